The SMILES string of the molecule is Cc1ccc(N(CC(=O)N/N=C\c2ccc(Cl)cc2Cl)S(C)(=O)=O)c(C)c1. The second-order valence-electron chi connectivity index (χ2n) is 6.02. The fraction of sp³-hybridized carbons (Fsp3) is 0.222. The van der Waals surface area contributed by atoms with Crippen molar-refractivity contribution < 1.29 is 13.2 Å². The highest BCUT2D eigenvalue weighted by atomic mass is 35.5. The molecule has 0 saturated carbocycles. The Hall–Kier alpha value is -2.09. The number of nitrogens with one attached hydrogen (secondary N) is 1. The zero-order chi connectivity index (χ0) is 20.2. The van der Waals surface area contributed by atoms with Crippen molar-refractivity contribution in [1.82, 2.24) is 5.43 Å². The predicted molar refractivity (Wildman–Crippen MR) is 110 cm³/mol. The number of sulfonamides is 1. The number of nitrogens with zero attached hydrogens (tertiary/aromatic N) is 2. The molecule has 0 fully saturated rings. The van der Waals surface area contributed by atoms with Gasteiger partial charge in [0.1, 0.15) is 6.54 Å². The summed E-state index contributed by atoms with van der Waals surface area (Å²) in [5.74, 6) is -0.582. The summed E-state index contributed by atoms with van der Waals surface area (Å²) in [7, 11) is -3.65. The zero-order valence-electron chi connectivity index (χ0n) is 15.0. The third kappa shape index (κ3) is 5.95. The van der Waals surface area contributed by atoms with E-state index < -0.39 is 22.5 Å². The third-order valence-corrected chi connectivity index (χ3v) is 5.35. The first-order valence-electron chi connectivity index (χ1n) is 7.90. The molecule has 0 aliphatic rings. The van der Waals surface area contributed by atoms with Gasteiger partial charge in [-0.15, -0.1) is 0 Å². The first-order valence-corrected chi connectivity index (χ1v) is 10.5. The van der Waals surface area contributed by atoms with Gasteiger partial charge in [0.05, 0.1) is 23.2 Å². The fourth-order valence-corrected chi connectivity index (χ4v) is 3.78. The van der Waals surface area contributed by atoms with Gasteiger partial charge >= 0.3 is 0 Å². The van der Waals surface area contributed by atoms with Crippen LogP contribution >= 0.6 is 23.2 Å². The van der Waals surface area contributed by atoms with Crippen molar-refractivity contribution in [3.8, 4) is 0 Å². The molecule has 0 heterocycles. The van der Waals surface area contributed by atoms with Gasteiger partial charge in [-0.3, -0.25) is 9.10 Å². The largest absolute Gasteiger partial charge is 0.271 e. The molecule has 0 bridgehead atoms. The van der Waals surface area contributed by atoms with Gasteiger partial charge < -0.3 is 0 Å². The molecule has 0 spiro atoms. The van der Waals surface area contributed by atoms with Gasteiger partial charge in [-0.1, -0.05) is 47.0 Å². The average molecular weight is 428 g/mol. The minimum absolute atomic E-state index is 0.383. The van der Waals surface area contributed by atoms with E-state index in [1.54, 1.807) is 37.3 Å². The van der Waals surface area contributed by atoms with Gasteiger partial charge in [0.2, 0.25) is 10.0 Å². The van der Waals surface area contributed by atoms with E-state index >= 15 is 0 Å². The maximum absolute atomic E-state index is 12.2. The lowest BCUT2D eigenvalue weighted by atomic mass is 10.1. The molecule has 0 aliphatic heterocycles. The van der Waals surface area contributed by atoms with Gasteiger partial charge in [0, 0.05) is 10.6 Å². The number of carbonyl (C=O) groups is 1. The smallest absolute Gasteiger partial charge is 0.260 e. The average Bonchev–Trinajstić information content (AvgIpc) is 2.54. The number of rotatable bonds is 6. The Morgan fingerprint density at radius 1 is 1.19 bits per heavy atom. The lowest BCUT2D eigenvalue weighted by Gasteiger charge is -2.23. The number of carbonyl (C=O) groups excluding carboxylic acids is 1. The highest BCUT2D eigenvalue weighted by molar-refractivity contribution is 7.92. The van der Waals surface area contributed by atoms with Crippen LogP contribution in [0.4, 0.5) is 5.69 Å². The number of amides is 1. The third-order valence-electron chi connectivity index (χ3n) is 3.66. The Bertz CT molecular complexity index is 991. The molecule has 0 unspecified atom stereocenters. The molecule has 27 heavy (non-hydrogen) atoms. The quantitative estimate of drug-likeness (QED) is 0.565. The molecule has 1 N–H and O–H groups in total. The van der Waals surface area contributed by atoms with Crippen LogP contribution in [0.25, 0.3) is 0 Å². The highest BCUT2D eigenvalue weighted by Crippen LogP contribution is 2.23. The summed E-state index contributed by atoms with van der Waals surface area (Å²) in [5.41, 5.74) is 5.07. The molecule has 0 aromatic heterocycles. The van der Waals surface area contributed by atoms with Gasteiger partial charge in [-0.05, 0) is 37.6 Å². The summed E-state index contributed by atoms with van der Waals surface area (Å²) in [4.78, 5) is 12.2. The molecular weight excluding hydrogens is 409 g/mol. The van der Waals surface area contributed by atoms with Crippen LogP contribution in [-0.4, -0.2) is 33.3 Å². The number of halogens is 2. The van der Waals surface area contributed by atoms with Crippen molar-refractivity contribution in [3.63, 3.8) is 0 Å². The summed E-state index contributed by atoms with van der Waals surface area (Å²) in [6, 6.07) is 10.2. The van der Waals surface area contributed by atoms with Crippen molar-refractivity contribution in [1.29, 1.82) is 0 Å². The van der Waals surface area contributed by atoms with Crippen molar-refractivity contribution in [2.45, 2.75) is 13.8 Å². The van der Waals surface area contributed by atoms with E-state index in [0.717, 1.165) is 21.7 Å². The minimum atomic E-state index is -3.65. The first-order chi connectivity index (χ1) is 12.6. The van der Waals surface area contributed by atoms with Crippen LogP contribution < -0.4 is 9.73 Å². The normalized spacial score (nSPS) is 11.6. The van der Waals surface area contributed by atoms with E-state index in [1.807, 2.05) is 13.0 Å². The molecule has 2 aromatic rings. The molecule has 0 radical (unpaired) electrons. The minimum Gasteiger partial charge on any atom is -0.271 e. The fourth-order valence-electron chi connectivity index (χ4n) is 2.41. The van der Waals surface area contributed by atoms with Crippen LogP contribution in [0.3, 0.4) is 0 Å². The van der Waals surface area contributed by atoms with Crippen LogP contribution in [0.1, 0.15) is 16.7 Å². The molecule has 2 aromatic carbocycles. The number of aryl methyl sites for hydroxylation is 2. The first kappa shape index (κ1) is 21.2. The maximum Gasteiger partial charge on any atom is 0.260 e. The number of anilines is 1. The van der Waals surface area contributed by atoms with Crippen molar-refractivity contribution in [3.05, 3.63) is 63.1 Å². The van der Waals surface area contributed by atoms with Crippen LogP contribution in [0.2, 0.25) is 10.0 Å². The zero-order valence-corrected chi connectivity index (χ0v) is 17.4. The van der Waals surface area contributed by atoms with E-state index in [4.69, 9.17) is 23.2 Å². The molecule has 144 valence electrons. The van der Waals surface area contributed by atoms with E-state index in [2.05, 4.69) is 10.5 Å². The second-order valence-corrected chi connectivity index (χ2v) is 8.77. The van der Waals surface area contributed by atoms with Crippen LogP contribution in [0, 0.1) is 13.8 Å². The lowest BCUT2D eigenvalue weighted by Crippen LogP contribution is -2.39. The molecule has 0 saturated heterocycles. The molecule has 0 atom stereocenters. The summed E-state index contributed by atoms with van der Waals surface area (Å²) in [6.07, 6.45) is 2.41. The predicted octanol–water partition coefficient (Wildman–Crippen LogP) is 3.53. The van der Waals surface area contributed by atoms with Gasteiger partial charge in [-0.25, -0.2) is 13.8 Å². The van der Waals surface area contributed by atoms with E-state index in [0.29, 0.717) is 21.3 Å². The number of hydrogen-bond donors (Lipinski definition) is 1. The van der Waals surface area contributed by atoms with E-state index in [1.165, 1.54) is 6.21 Å². The number of benzene rings is 2. The summed E-state index contributed by atoms with van der Waals surface area (Å²) in [5, 5.41) is 4.69. The van der Waals surface area contributed by atoms with Crippen molar-refractivity contribution in [2.75, 3.05) is 17.1 Å². The van der Waals surface area contributed by atoms with Crippen molar-refractivity contribution in [2.24, 2.45) is 5.10 Å². The molecule has 1 amide bonds. The summed E-state index contributed by atoms with van der Waals surface area (Å²) in [6.45, 7) is 3.30. The Labute approximate surface area is 168 Å². The monoisotopic (exact) mass is 427 g/mol. The Morgan fingerprint density at radius 2 is 1.89 bits per heavy atom. The topological polar surface area (TPSA) is 78.8 Å². The summed E-state index contributed by atoms with van der Waals surface area (Å²) < 4.78 is 25.4. The van der Waals surface area contributed by atoms with Gasteiger partial charge in [-0.2, -0.15) is 5.10 Å². The van der Waals surface area contributed by atoms with Crippen LogP contribution in [0.15, 0.2) is 41.5 Å². The second kappa shape index (κ2) is 8.73. The van der Waals surface area contributed by atoms with E-state index in [9.17, 15) is 13.2 Å². The molecular formula is C18H19Cl2N3O3S. The number of hydrazone groups is 1. The molecule has 6 nitrogen and oxygen atoms in total. The molecule has 2 rings (SSSR count). The Kier molecular flexibility index (Phi) is 6.86. The van der Waals surface area contributed by atoms with Gasteiger partial charge in [0.25, 0.3) is 5.91 Å². The standard InChI is InChI=1S/C18H19Cl2N3O3S/c1-12-4-7-17(13(2)8-12)23(27(3,25)26)11-18(24)22-21-10-14-5-6-15(19)9-16(14)20/h4-10H,11H2,1-3H3,(H,22,24)/b21-10-. The highest BCUT2D eigenvalue weighted by Gasteiger charge is 2.22. The van der Waals surface area contributed by atoms with Crippen LogP contribution in [0.5, 0.6) is 0 Å². The Morgan fingerprint density at radius 3 is 2.48 bits per heavy atom. The van der Waals surface area contributed by atoms with Crippen molar-refractivity contribution >= 4 is 51.0 Å². The van der Waals surface area contributed by atoms with Gasteiger partial charge in [0.15, 0.2) is 0 Å². The Balaban J connectivity index is 2.13. The molecule has 0 aliphatic carbocycles. The van der Waals surface area contributed by atoms with E-state index in [-0.39, 0.29) is 0 Å². The lowest BCUT2D eigenvalue weighted by molar-refractivity contribution is -0.119. The molecule has 9 heteroatoms. The summed E-state index contributed by atoms with van der Waals surface area (Å²) >= 11 is 11.8. The van der Waals surface area contributed by atoms with Crippen LogP contribution in [-0.2, 0) is 14.8 Å². The maximum atomic E-state index is 12.2. The number of hydrogen-bond acceptors (Lipinski definition) is 4.